The molecule has 11 heteroatoms. The van der Waals surface area contributed by atoms with Crippen LogP contribution in [-0.4, -0.2) is 110 Å². The Labute approximate surface area is 498 Å². The minimum absolute atomic E-state index is 0.243. The molecule has 1 fully saturated rings. The maximum absolute atomic E-state index is 13.2. The third kappa shape index (κ3) is 46.3. The van der Waals surface area contributed by atoms with Crippen molar-refractivity contribution in [1.82, 2.24) is 5.32 Å². The third-order valence-electron chi connectivity index (χ3n) is 16.9. The quantitative estimate of drug-likeness (QED) is 0.0215. The van der Waals surface area contributed by atoms with Gasteiger partial charge in [0, 0.05) is 0 Å². The van der Waals surface area contributed by atoms with Crippen molar-refractivity contribution in [3.05, 3.63) is 36.5 Å². The average Bonchev–Trinajstić information content (AvgIpc) is 3.49. The van der Waals surface area contributed by atoms with E-state index in [-0.39, 0.29) is 12.8 Å². The monoisotopic (exact) mass is 1150 g/mol. The number of carbonyl (C=O) groups excluding carboxylic acids is 1. The van der Waals surface area contributed by atoms with Gasteiger partial charge in [-0.15, -0.1) is 0 Å². The van der Waals surface area contributed by atoms with Crippen LogP contribution in [0, 0.1) is 0 Å². The first-order valence-corrected chi connectivity index (χ1v) is 34.9. The molecular formula is C70H133NO10. The Hall–Kier alpha value is -1.67. The molecule has 1 rings (SSSR count). The van der Waals surface area contributed by atoms with Crippen LogP contribution >= 0.6 is 0 Å². The second-order valence-corrected chi connectivity index (χ2v) is 24.6. The molecule has 9 unspecified atom stereocenters. The Morgan fingerprint density at radius 3 is 1.10 bits per heavy atom. The Balaban J connectivity index is 2.24. The van der Waals surface area contributed by atoms with Gasteiger partial charge in [0.15, 0.2) is 6.29 Å². The molecule has 0 aromatic rings. The molecule has 1 aliphatic rings. The topological polar surface area (TPSA) is 189 Å². The van der Waals surface area contributed by atoms with E-state index in [0.29, 0.717) is 19.3 Å². The first-order valence-electron chi connectivity index (χ1n) is 34.9. The summed E-state index contributed by atoms with van der Waals surface area (Å²) in [6.07, 6.45) is 63.8. The summed E-state index contributed by atoms with van der Waals surface area (Å²) in [5, 5.41) is 76.4. The lowest BCUT2D eigenvalue weighted by Gasteiger charge is -2.40. The average molecular weight is 1150 g/mol. The molecular weight excluding hydrogens is 1010 g/mol. The fraction of sp³-hybridized carbons (Fsp3) is 0.900. The molecule has 81 heavy (non-hydrogen) atoms. The SMILES string of the molecule is CCCCCCCCCCCCCCCCCCCC/C=C/CC/C=C/CC/C=C/CCCC(O)C(O)C(COC1OC(CO)C(O)C(O)C1O)NC(=O)C(O)CCCCCCCCCCCCCCCCCCCCCCCCC. The molecule has 1 amide bonds. The van der Waals surface area contributed by atoms with Gasteiger partial charge in [0.25, 0.3) is 0 Å². The van der Waals surface area contributed by atoms with Gasteiger partial charge in [-0.2, -0.15) is 0 Å². The summed E-state index contributed by atoms with van der Waals surface area (Å²) in [5.41, 5.74) is 0. The number of allylic oxidation sites excluding steroid dienone is 6. The highest BCUT2D eigenvalue weighted by Crippen LogP contribution is 2.24. The number of unbranched alkanes of at least 4 members (excludes halogenated alkanes) is 43. The maximum atomic E-state index is 13.2. The van der Waals surface area contributed by atoms with Gasteiger partial charge >= 0.3 is 0 Å². The van der Waals surface area contributed by atoms with Gasteiger partial charge in [0.2, 0.25) is 5.91 Å². The van der Waals surface area contributed by atoms with Crippen molar-refractivity contribution in [3.8, 4) is 0 Å². The number of amides is 1. The van der Waals surface area contributed by atoms with Gasteiger partial charge in [-0.05, 0) is 64.2 Å². The van der Waals surface area contributed by atoms with E-state index in [1.54, 1.807) is 0 Å². The molecule has 1 saturated heterocycles. The smallest absolute Gasteiger partial charge is 0.249 e. The molecule has 0 radical (unpaired) electrons. The highest BCUT2D eigenvalue weighted by Gasteiger charge is 2.44. The molecule has 0 bridgehead atoms. The van der Waals surface area contributed by atoms with Crippen LogP contribution in [0.2, 0.25) is 0 Å². The van der Waals surface area contributed by atoms with Gasteiger partial charge in [-0.1, -0.05) is 307 Å². The first kappa shape index (κ1) is 77.3. The minimum Gasteiger partial charge on any atom is -0.394 e. The molecule has 11 nitrogen and oxygen atoms in total. The Morgan fingerprint density at radius 1 is 0.420 bits per heavy atom. The number of aliphatic hydroxyl groups excluding tert-OH is 7. The second-order valence-electron chi connectivity index (χ2n) is 24.6. The van der Waals surface area contributed by atoms with Crippen LogP contribution in [0.3, 0.4) is 0 Å². The summed E-state index contributed by atoms with van der Waals surface area (Å²) in [6.45, 7) is 3.49. The summed E-state index contributed by atoms with van der Waals surface area (Å²) >= 11 is 0. The lowest BCUT2D eigenvalue weighted by Crippen LogP contribution is -2.60. The van der Waals surface area contributed by atoms with Gasteiger partial charge < -0.3 is 50.5 Å². The summed E-state index contributed by atoms with van der Waals surface area (Å²) in [5.74, 6) is -0.707. The normalized spacial score (nSPS) is 19.3. The number of aliphatic hydroxyl groups is 7. The fourth-order valence-electron chi connectivity index (χ4n) is 11.3. The van der Waals surface area contributed by atoms with Gasteiger partial charge in [-0.3, -0.25) is 4.79 Å². The third-order valence-corrected chi connectivity index (χ3v) is 16.9. The zero-order chi connectivity index (χ0) is 58.9. The van der Waals surface area contributed by atoms with Crippen LogP contribution in [0.25, 0.3) is 0 Å². The van der Waals surface area contributed by atoms with E-state index in [2.05, 4.69) is 55.6 Å². The van der Waals surface area contributed by atoms with Crippen LogP contribution in [-0.2, 0) is 14.3 Å². The van der Waals surface area contributed by atoms with Crippen molar-refractivity contribution in [3.63, 3.8) is 0 Å². The van der Waals surface area contributed by atoms with E-state index >= 15 is 0 Å². The molecule has 0 spiro atoms. The van der Waals surface area contributed by atoms with Crippen molar-refractivity contribution in [1.29, 1.82) is 0 Å². The summed E-state index contributed by atoms with van der Waals surface area (Å²) < 4.78 is 11.2. The van der Waals surface area contributed by atoms with Crippen LogP contribution in [0.5, 0.6) is 0 Å². The zero-order valence-corrected chi connectivity index (χ0v) is 52.8. The van der Waals surface area contributed by atoms with Crippen molar-refractivity contribution in [2.45, 2.75) is 390 Å². The van der Waals surface area contributed by atoms with Gasteiger partial charge in [-0.25, -0.2) is 0 Å². The predicted molar refractivity (Wildman–Crippen MR) is 339 cm³/mol. The van der Waals surface area contributed by atoms with Crippen molar-refractivity contribution < 1.29 is 50.0 Å². The molecule has 0 aromatic heterocycles. The van der Waals surface area contributed by atoms with E-state index in [1.807, 2.05) is 0 Å². The molecule has 478 valence electrons. The number of nitrogens with one attached hydrogen (secondary N) is 1. The lowest BCUT2D eigenvalue weighted by molar-refractivity contribution is -0.303. The van der Waals surface area contributed by atoms with Crippen molar-refractivity contribution in [2.75, 3.05) is 13.2 Å². The Bertz CT molecular complexity index is 1410. The van der Waals surface area contributed by atoms with Crippen molar-refractivity contribution >= 4 is 5.91 Å². The minimum atomic E-state index is -1.67. The highest BCUT2D eigenvalue weighted by molar-refractivity contribution is 5.80. The molecule has 1 heterocycles. The van der Waals surface area contributed by atoms with E-state index in [4.69, 9.17) is 9.47 Å². The molecule has 1 aliphatic heterocycles. The molecule has 9 atom stereocenters. The predicted octanol–water partition coefficient (Wildman–Crippen LogP) is 16.6. The van der Waals surface area contributed by atoms with Crippen LogP contribution in [0.1, 0.15) is 335 Å². The van der Waals surface area contributed by atoms with Crippen LogP contribution in [0.15, 0.2) is 36.5 Å². The number of hydrogen-bond acceptors (Lipinski definition) is 10. The zero-order valence-electron chi connectivity index (χ0n) is 52.8. The summed E-state index contributed by atoms with van der Waals surface area (Å²) in [6, 6.07) is -1.19. The standard InChI is InChI=1S/C70H133NO10/c1-3-5-7-9-11-13-15-17-19-21-23-25-27-28-29-30-31-32-33-34-36-37-39-41-43-45-47-49-51-53-55-57-62(73)65(75)61(60-80-70-68(78)67(77)66(76)64(59-72)81-70)71-69(79)63(74)58-56-54-52-50-48-46-44-42-40-38-35-26-24-22-20-18-16-14-12-10-8-6-4-2/h34,36,41,43,49,51,61-68,70,72-78H,3-33,35,37-40,42,44-48,50,52-60H2,1-2H3,(H,71,79)/b36-34+,43-41+,51-49+. The largest absolute Gasteiger partial charge is 0.394 e. The van der Waals surface area contributed by atoms with E-state index < -0.39 is 74.2 Å². The summed E-state index contributed by atoms with van der Waals surface area (Å²) in [7, 11) is 0. The van der Waals surface area contributed by atoms with E-state index in [0.717, 1.165) is 44.9 Å². The number of ether oxygens (including phenoxy) is 2. The molecule has 0 aromatic carbocycles. The number of rotatable bonds is 61. The first-order chi connectivity index (χ1) is 39.7. The van der Waals surface area contributed by atoms with E-state index in [9.17, 15) is 40.5 Å². The van der Waals surface area contributed by atoms with Crippen LogP contribution < -0.4 is 5.32 Å². The maximum Gasteiger partial charge on any atom is 0.249 e. The lowest BCUT2D eigenvalue weighted by atomic mass is 9.98. The van der Waals surface area contributed by atoms with Crippen molar-refractivity contribution in [2.24, 2.45) is 0 Å². The summed E-state index contributed by atoms with van der Waals surface area (Å²) in [4.78, 5) is 13.2. The Morgan fingerprint density at radius 2 is 0.741 bits per heavy atom. The fourth-order valence-corrected chi connectivity index (χ4v) is 11.3. The highest BCUT2D eigenvalue weighted by atomic mass is 16.7. The van der Waals surface area contributed by atoms with Gasteiger partial charge in [0.1, 0.15) is 36.6 Å². The number of hydrogen-bond donors (Lipinski definition) is 8. The second kappa shape index (κ2) is 58.7. The Kier molecular flexibility index (Phi) is 56.0. The molecule has 8 N–H and O–H groups in total. The number of carbonyl (C=O) groups is 1. The molecule has 0 aliphatic carbocycles. The molecule has 0 saturated carbocycles. The van der Waals surface area contributed by atoms with Gasteiger partial charge in [0.05, 0.1) is 25.4 Å². The van der Waals surface area contributed by atoms with Crippen LogP contribution in [0.4, 0.5) is 0 Å². The van der Waals surface area contributed by atoms with E-state index in [1.165, 1.54) is 244 Å².